The van der Waals surface area contributed by atoms with E-state index in [1.54, 1.807) is 12.5 Å². The molecule has 0 bridgehead atoms. The molecule has 0 atom stereocenters. The van der Waals surface area contributed by atoms with E-state index >= 15 is 0 Å². The van der Waals surface area contributed by atoms with Crippen LogP contribution in [0.3, 0.4) is 0 Å². The summed E-state index contributed by atoms with van der Waals surface area (Å²) in [6, 6.07) is 15.9. The van der Waals surface area contributed by atoms with Crippen LogP contribution in [-0.2, 0) is 12.0 Å². The maximum absolute atomic E-state index is 12.3. The van der Waals surface area contributed by atoms with Crippen LogP contribution in [0.5, 0.6) is 0 Å². The molecule has 0 saturated carbocycles. The summed E-state index contributed by atoms with van der Waals surface area (Å²) in [5, 5.41) is 2.97. The second kappa shape index (κ2) is 6.93. The van der Waals surface area contributed by atoms with Gasteiger partial charge in [-0.25, -0.2) is 4.98 Å². The zero-order valence-electron chi connectivity index (χ0n) is 14.9. The second-order valence-electron chi connectivity index (χ2n) is 7.15. The number of nitrogens with one attached hydrogen (secondary N) is 1. The van der Waals surface area contributed by atoms with Crippen LogP contribution >= 0.6 is 0 Å². The monoisotopic (exact) mass is 333 g/mol. The molecule has 1 heterocycles. The average Bonchev–Trinajstić information content (AvgIpc) is 3.14. The van der Waals surface area contributed by atoms with E-state index in [0.717, 1.165) is 11.3 Å². The highest BCUT2D eigenvalue weighted by Gasteiger charge is 2.14. The van der Waals surface area contributed by atoms with E-state index < -0.39 is 0 Å². The fourth-order valence-electron chi connectivity index (χ4n) is 2.60. The molecule has 3 rings (SSSR count). The first-order chi connectivity index (χ1) is 11.9. The molecule has 25 heavy (non-hydrogen) atoms. The molecule has 0 unspecified atom stereocenters. The molecule has 1 aromatic heterocycles. The summed E-state index contributed by atoms with van der Waals surface area (Å²) in [4.78, 5) is 16.4. The highest BCUT2D eigenvalue weighted by Crippen LogP contribution is 2.22. The van der Waals surface area contributed by atoms with E-state index in [-0.39, 0.29) is 11.3 Å². The number of carbonyl (C=O) groups excluding carboxylic acids is 1. The summed E-state index contributed by atoms with van der Waals surface area (Å²) in [6.07, 6.45) is 5.41. The van der Waals surface area contributed by atoms with Gasteiger partial charge in [0.05, 0.1) is 6.33 Å². The minimum Gasteiger partial charge on any atom is -0.348 e. The third-order valence-corrected chi connectivity index (χ3v) is 4.21. The number of hydrogen-bond acceptors (Lipinski definition) is 2. The number of amides is 1. The van der Waals surface area contributed by atoms with Crippen molar-refractivity contribution in [1.82, 2.24) is 14.9 Å². The summed E-state index contributed by atoms with van der Waals surface area (Å²) < 4.78 is 1.94. The van der Waals surface area contributed by atoms with Gasteiger partial charge in [0, 0.05) is 30.2 Å². The number of nitrogens with zero attached hydrogens (tertiary/aromatic N) is 2. The first-order valence-electron chi connectivity index (χ1n) is 8.39. The molecule has 2 aromatic carbocycles. The Hall–Kier alpha value is -2.88. The number of benzene rings is 2. The molecule has 0 aliphatic rings. The number of aromatic nitrogens is 2. The summed E-state index contributed by atoms with van der Waals surface area (Å²) in [5.74, 6) is -0.0563. The maximum Gasteiger partial charge on any atom is 0.251 e. The van der Waals surface area contributed by atoms with Gasteiger partial charge < -0.3 is 9.88 Å². The predicted molar refractivity (Wildman–Crippen MR) is 99.9 cm³/mol. The smallest absolute Gasteiger partial charge is 0.251 e. The molecular formula is C21H23N3O. The molecule has 0 aliphatic heterocycles. The van der Waals surface area contributed by atoms with Crippen molar-refractivity contribution in [3.8, 4) is 5.69 Å². The van der Waals surface area contributed by atoms with E-state index in [4.69, 9.17) is 0 Å². The lowest BCUT2D eigenvalue weighted by Gasteiger charge is -2.19. The van der Waals surface area contributed by atoms with Crippen LogP contribution in [0.25, 0.3) is 5.69 Å². The molecule has 0 radical (unpaired) electrons. The SMILES string of the molecule is CC(C)(C)c1ccc(C(=O)NCc2ccc(-n3ccnc3)cc2)cc1. The van der Waals surface area contributed by atoms with E-state index in [1.165, 1.54) is 5.56 Å². The van der Waals surface area contributed by atoms with Crippen LogP contribution < -0.4 is 5.32 Å². The molecule has 0 fully saturated rings. The maximum atomic E-state index is 12.3. The molecule has 1 N–H and O–H groups in total. The Morgan fingerprint density at radius 1 is 1.04 bits per heavy atom. The van der Waals surface area contributed by atoms with Crippen molar-refractivity contribution in [3.63, 3.8) is 0 Å². The topological polar surface area (TPSA) is 46.9 Å². The highest BCUT2D eigenvalue weighted by molar-refractivity contribution is 5.94. The first-order valence-corrected chi connectivity index (χ1v) is 8.39. The second-order valence-corrected chi connectivity index (χ2v) is 7.15. The summed E-state index contributed by atoms with van der Waals surface area (Å²) in [5.41, 5.74) is 4.10. The predicted octanol–water partition coefficient (Wildman–Crippen LogP) is 4.10. The molecule has 0 aliphatic carbocycles. The van der Waals surface area contributed by atoms with Gasteiger partial charge in [-0.2, -0.15) is 0 Å². The van der Waals surface area contributed by atoms with Crippen molar-refractivity contribution in [2.75, 3.05) is 0 Å². The summed E-state index contributed by atoms with van der Waals surface area (Å²) >= 11 is 0. The number of hydrogen-bond donors (Lipinski definition) is 1. The van der Waals surface area contributed by atoms with Crippen LogP contribution in [0.4, 0.5) is 0 Å². The van der Waals surface area contributed by atoms with Crippen LogP contribution in [-0.4, -0.2) is 15.5 Å². The average molecular weight is 333 g/mol. The van der Waals surface area contributed by atoms with Crippen molar-refractivity contribution in [3.05, 3.63) is 83.9 Å². The van der Waals surface area contributed by atoms with Crippen LogP contribution in [0.2, 0.25) is 0 Å². The Morgan fingerprint density at radius 2 is 1.72 bits per heavy atom. The van der Waals surface area contributed by atoms with Crippen LogP contribution in [0.1, 0.15) is 42.3 Å². The molecule has 0 spiro atoms. The lowest BCUT2D eigenvalue weighted by Crippen LogP contribution is -2.23. The fourth-order valence-corrected chi connectivity index (χ4v) is 2.60. The third-order valence-electron chi connectivity index (χ3n) is 4.21. The van der Waals surface area contributed by atoms with Crippen molar-refractivity contribution >= 4 is 5.91 Å². The first kappa shape index (κ1) is 17.0. The summed E-state index contributed by atoms with van der Waals surface area (Å²) in [6.45, 7) is 6.99. The van der Waals surface area contributed by atoms with Gasteiger partial charge in [0.25, 0.3) is 5.91 Å². The molecular weight excluding hydrogens is 310 g/mol. The lowest BCUT2D eigenvalue weighted by molar-refractivity contribution is 0.0951. The standard InChI is InChI=1S/C21H23N3O/c1-21(2,3)18-8-6-17(7-9-18)20(25)23-14-16-4-10-19(11-5-16)24-13-12-22-15-24/h4-13,15H,14H2,1-3H3,(H,23,25). The quantitative estimate of drug-likeness (QED) is 0.781. The molecule has 128 valence electrons. The Labute approximate surface area is 148 Å². The van der Waals surface area contributed by atoms with Gasteiger partial charge in [0.2, 0.25) is 0 Å². The van der Waals surface area contributed by atoms with Gasteiger partial charge in [-0.3, -0.25) is 4.79 Å². The van der Waals surface area contributed by atoms with Crippen molar-refractivity contribution in [2.24, 2.45) is 0 Å². The Kier molecular flexibility index (Phi) is 4.70. The van der Waals surface area contributed by atoms with Gasteiger partial charge in [0.1, 0.15) is 0 Å². The molecule has 3 aromatic rings. The number of rotatable bonds is 4. The van der Waals surface area contributed by atoms with Crippen LogP contribution in [0.15, 0.2) is 67.3 Å². The van der Waals surface area contributed by atoms with Crippen molar-refractivity contribution in [1.29, 1.82) is 0 Å². The number of imidazole rings is 1. The number of carbonyl (C=O) groups is 1. The van der Waals surface area contributed by atoms with Crippen molar-refractivity contribution in [2.45, 2.75) is 32.7 Å². The van der Waals surface area contributed by atoms with E-state index in [2.05, 4.69) is 31.1 Å². The zero-order valence-corrected chi connectivity index (χ0v) is 14.9. The molecule has 1 amide bonds. The normalized spacial score (nSPS) is 11.3. The lowest BCUT2D eigenvalue weighted by atomic mass is 9.87. The van der Waals surface area contributed by atoms with E-state index in [1.807, 2.05) is 59.3 Å². The van der Waals surface area contributed by atoms with Gasteiger partial charge in [-0.05, 0) is 40.8 Å². The van der Waals surface area contributed by atoms with E-state index in [0.29, 0.717) is 12.1 Å². The molecule has 4 nitrogen and oxygen atoms in total. The minimum absolute atomic E-state index is 0.0563. The van der Waals surface area contributed by atoms with Gasteiger partial charge in [-0.15, -0.1) is 0 Å². The Balaban J connectivity index is 1.60. The minimum atomic E-state index is -0.0563. The summed E-state index contributed by atoms with van der Waals surface area (Å²) in [7, 11) is 0. The molecule has 0 saturated heterocycles. The van der Waals surface area contributed by atoms with Gasteiger partial charge in [-0.1, -0.05) is 45.0 Å². The largest absolute Gasteiger partial charge is 0.348 e. The van der Waals surface area contributed by atoms with Crippen LogP contribution in [0, 0.1) is 0 Å². The zero-order chi connectivity index (χ0) is 17.9. The van der Waals surface area contributed by atoms with E-state index in [9.17, 15) is 4.79 Å². The van der Waals surface area contributed by atoms with Crippen molar-refractivity contribution < 1.29 is 4.79 Å². The fraction of sp³-hybridized carbons (Fsp3) is 0.238. The highest BCUT2D eigenvalue weighted by atomic mass is 16.1. The Morgan fingerprint density at radius 3 is 2.28 bits per heavy atom. The third kappa shape index (κ3) is 4.15. The molecule has 4 heteroatoms. The van der Waals surface area contributed by atoms with Gasteiger partial charge in [0.15, 0.2) is 0 Å². The van der Waals surface area contributed by atoms with Gasteiger partial charge >= 0.3 is 0 Å². The Bertz CT molecular complexity index is 826.